The lowest BCUT2D eigenvalue weighted by atomic mass is 10.1. The lowest BCUT2D eigenvalue weighted by Gasteiger charge is -2.36. The summed E-state index contributed by atoms with van der Waals surface area (Å²) in [5.41, 5.74) is 2.55. The fourth-order valence-electron chi connectivity index (χ4n) is 4.44. The molecule has 1 N–H and O–H groups in total. The topological polar surface area (TPSA) is 79.9 Å². The van der Waals surface area contributed by atoms with Gasteiger partial charge in [-0.15, -0.1) is 0 Å². The molecule has 9 heteroatoms. The number of aromatic nitrogens is 2. The minimum atomic E-state index is -0.0393. The fraction of sp³-hybridized carbons (Fsp3) is 0.524. The number of fused-ring (bicyclic) bond motifs is 2. The van der Waals surface area contributed by atoms with Crippen molar-refractivity contribution in [2.45, 2.75) is 45.6 Å². The zero-order valence-corrected chi connectivity index (χ0v) is 17.9. The molecule has 2 aromatic rings. The molecule has 0 aliphatic carbocycles. The summed E-state index contributed by atoms with van der Waals surface area (Å²) in [5.74, 6) is 2.03. The first-order valence-electron chi connectivity index (χ1n) is 10.3. The van der Waals surface area contributed by atoms with Crippen LogP contribution in [-0.2, 0) is 24.2 Å². The average molecular weight is 433 g/mol. The van der Waals surface area contributed by atoms with Crippen LogP contribution in [0.3, 0.4) is 0 Å². The highest BCUT2D eigenvalue weighted by Gasteiger charge is 2.27. The van der Waals surface area contributed by atoms with Crippen molar-refractivity contribution in [3.63, 3.8) is 0 Å². The lowest BCUT2D eigenvalue weighted by Crippen LogP contribution is -2.47. The van der Waals surface area contributed by atoms with Gasteiger partial charge in [-0.25, -0.2) is 4.98 Å². The number of anilines is 1. The molecule has 0 saturated carbocycles. The summed E-state index contributed by atoms with van der Waals surface area (Å²) in [6, 6.07) is 3.74. The Labute approximate surface area is 179 Å². The van der Waals surface area contributed by atoms with E-state index in [1.807, 2.05) is 19.9 Å². The molecule has 3 aliphatic rings. The molecular formula is C21H25ClN4O4. The van der Waals surface area contributed by atoms with E-state index in [1.165, 1.54) is 0 Å². The van der Waals surface area contributed by atoms with E-state index in [-0.39, 0.29) is 24.6 Å². The molecule has 0 bridgehead atoms. The van der Waals surface area contributed by atoms with Crippen molar-refractivity contribution in [3.05, 3.63) is 44.3 Å². The molecule has 2 atom stereocenters. The standard InChI is InChI=1S/C21H25ClN4O4/c1-12-7-26(8-13(2)30-12)21-23-17-10-25(4-3-15(17)20(27)24-21)9-14-5-18-19(6-16(14)22)29-11-28-18/h5-6,12-13H,3-4,7-11H2,1-2H3,(H,23,24,27)/t12-,13-/m1/s1. The summed E-state index contributed by atoms with van der Waals surface area (Å²) in [6.45, 7) is 7.75. The van der Waals surface area contributed by atoms with Crippen molar-refractivity contribution in [3.8, 4) is 11.5 Å². The number of aromatic amines is 1. The van der Waals surface area contributed by atoms with Crippen LogP contribution in [0.1, 0.15) is 30.7 Å². The summed E-state index contributed by atoms with van der Waals surface area (Å²) >= 11 is 6.46. The van der Waals surface area contributed by atoms with Crippen LogP contribution in [-0.4, -0.2) is 53.5 Å². The molecule has 1 fully saturated rings. The summed E-state index contributed by atoms with van der Waals surface area (Å²) in [4.78, 5) is 24.9. The van der Waals surface area contributed by atoms with Crippen LogP contribution in [0.4, 0.5) is 5.95 Å². The highest BCUT2D eigenvalue weighted by Crippen LogP contribution is 2.37. The molecule has 1 aromatic carbocycles. The summed E-state index contributed by atoms with van der Waals surface area (Å²) in [6.07, 6.45) is 0.857. The minimum Gasteiger partial charge on any atom is -0.454 e. The smallest absolute Gasteiger partial charge is 0.255 e. The van der Waals surface area contributed by atoms with E-state index in [4.69, 9.17) is 30.8 Å². The Morgan fingerprint density at radius 1 is 1.20 bits per heavy atom. The van der Waals surface area contributed by atoms with Gasteiger partial charge in [0.05, 0.1) is 17.9 Å². The van der Waals surface area contributed by atoms with Gasteiger partial charge in [-0.3, -0.25) is 14.7 Å². The van der Waals surface area contributed by atoms with Crippen molar-refractivity contribution in [2.24, 2.45) is 0 Å². The van der Waals surface area contributed by atoms with Gasteiger partial charge in [0.2, 0.25) is 12.7 Å². The fourth-order valence-corrected chi connectivity index (χ4v) is 4.65. The molecule has 0 radical (unpaired) electrons. The molecule has 160 valence electrons. The van der Waals surface area contributed by atoms with Gasteiger partial charge in [-0.1, -0.05) is 11.6 Å². The monoisotopic (exact) mass is 432 g/mol. The first-order valence-corrected chi connectivity index (χ1v) is 10.7. The van der Waals surface area contributed by atoms with E-state index in [0.29, 0.717) is 49.3 Å². The van der Waals surface area contributed by atoms with Gasteiger partial charge in [-0.05, 0) is 31.9 Å². The maximum atomic E-state index is 12.7. The van der Waals surface area contributed by atoms with Crippen molar-refractivity contribution in [2.75, 3.05) is 31.3 Å². The molecule has 1 saturated heterocycles. The van der Waals surface area contributed by atoms with Crippen LogP contribution in [0.5, 0.6) is 11.5 Å². The second-order valence-electron chi connectivity index (χ2n) is 8.23. The van der Waals surface area contributed by atoms with Gasteiger partial charge in [-0.2, -0.15) is 0 Å². The van der Waals surface area contributed by atoms with Crippen molar-refractivity contribution >= 4 is 17.5 Å². The molecule has 8 nitrogen and oxygen atoms in total. The first-order chi connectivity index (χ1) is 14.5. The predicted octanol–water partition coefficient (Wildman–Crippen LogP) is 2.32. The van der Waals surface area contributed by atoms with Crippen LogP contribution >= 0.6 is 11.6 Å². The predicted molar refractivity (Wildman–Crippen MR) is 112 cm³/mol. The molecule has 5 rings (SSSR count). The number of morpholine rings is 1. The zero-order chi connectivity index (χ0) is 20.8. The highest BCUT2D eigenvalue weighted by molar-refractivity contribution is 6.31. The SMILES string of the molecule is C[C@@H]1CN(c2nc3c(c(=O)[nH]2)CCN(Cc2cc4c(cc2Cl)OCO4)C3)C[C@@H](C)O1. The Morgan fingerprint density at radius 2 is 1.93 bits per heavy atom. The van der Waals surface area contributed by atoms with Gasteiger partial charge in [0.25, 0.3) is 5.56 Å². The maximum Gasteiger partial charge on any atom is 0.255 e. The molecule has 0 spiro atoms. The normalized spacial score (nSPS) is 23.5. The number of nitrogens with zero attached hydrogens (tertiary/aromatic N) is 3. The zero-order valence-electron chi connectivity index (χ0n) is 17.1. The molecule has 1 aromatic heterocycles. The van der Waals surface area contributed by atoms with Gasteiger partial charge in [0.1, 0.15) is 0 Å². The number of ether oxygens (including phenoxy) is 3. The Balaban J connectivity index is 1.37. The van der Waals surface area contributed by atoms with Crippen molar-refractivity contribution in [1.29, 1.82) is 0 Å². The summed E-state index contributed by atoms with van der Waals surface area (Å²) in [5, 5.41) is 0.654. The maximum absolute atomic E-state index is 12.7. The van der Waals surface area contributed by atoms with Gasteiger partial charge in [0.15, 0.2) is 11.5 Å². The van der Waals surface area contributed by atoms with E-state index < -0.39 is 0 Å². The molecule has 0 unspecified atom stereocenters. The molecule has 30 heavy (non-hydrogen) atoms. The quantitative estimate of drug-likeness (QED) is 0.797. The largest absolute Gasteiger partial charge is 0.454 e. The third-order valence-electron chi connectivity index (χ3n) is 5.79. The highest BCUT2D eigenvalue weighted by atomic mass is 35.5. The molecule has 0 amide bonds. The number of rotatable bonds is 3. The van der Waals surface area contributed by atoms with Gasteiger partial charge < -0.3 is 19.1 Å². The van der Waals surface area contributed by atoms with Gasteiger partial charge >= 0.3 is 0 Å². The average Bonchev–Trinajstić information content (AvgIpc) is 3.14. The lowest BCUT2D eigenvalue weighted by molar-refractivity contribution is -0.00576. The van der Waals surface area contributed by atoms with E-state index in [0.717, 1.165) is 29.1 Å². The third kappa shape index (κ3) is 3.75. The second kappa shape index (κ2) is 7.76. The Bertz CT molecular complexity index is 1020. The van der Waals surface area contributed by atoms with E-state index in [9.17, 15) is 4.79 Å². The minimum absolute atomic E-state index is 0.0393. The van der Waals surface area contributed by atoms with Crippen LogP contribution in [0.15, 0.2) is 16.9 Å². The van der Waals surface area contributed by atoms with E-state index >= 15 is 0 Å². The number of nitrogens with one attached hydrogen (secondary N) is 1. The first kappa shape index (κ1) is 19.7. The Kier molecular flexibility index (Phi) is 5.08. The van der Waals surface area contributed by atoms with Crippen molar-refractivity contribution < 1.29 is 14.2 Å². The second-order valence-corrected chi connectivity index (χ2v) is 8.64. The van der Waals surface area contributed by atoms with Crippen LogP contribution in [0, 0.1) is 0 Å². The van der Waals surface area contributed by atoms with E-state index in [1.54, 1.807) is 6.07 Å². The number of hydrogen-bond donors (Lipinski definition) is 1. The molecule has 3 aliphatic heterocycles. The van der Waals surface area contributed by atoms with Gasteiger partial charge in [0, 0.05) is 49.4 Å². The number of benzene rings is 1. The molecular weight excluding hydrogens is 408 g/mol. The van der Waals surface area contributed by atoms with E-state index in [2.05, 4.69) is 14.8 Å². The third-order valence-corrected chi connectivity index (χ3v) is 6.15. The summed E-state index contributed by atoms with van der Waals surface area (Å²) < 4.78 is 16.7. The van der Waals surface area contributed by atoms with Crippen LogP contribution in [0.2, 0.25) is 5.02 Å². The molecule has 4 heterocycles. The van der Waals surface area contributed by atoms with Crippen LogP contribution < -0.4 is 19.9 Å². The Hall–Kier alpha value is -2.29. The number of H-pyrrole nitrogens is 1. The number of hydrogen-bond acceptors (Lipinski definition) is 7. The van der Waals surface area contributed by atoms with Crippen LogP contribution in [0.25, 0.3) is 0 Å². The van der Waals surface area contributed by atoms with Crippen molar-refractivity contribution in [1.82, 2.24) is 14.9 Å². The summed E-state index contributed by atoms with van der Waals surface area (Å²) in [7, 11) is 0. The number of halogens is 1. The Morgan fingerprint density at radius 3 is 2.70 bits per heavy atom.